The second kappa shape index (κ2) is 21.8. The Hall–Kier alpha value is -4.34. The summed E-state index contributed by atoms with van der Waals surface area (Å²) in [5, 5.41) is 0. The van der Waals surface area contributed by atoms with Crippen LogP contribution in [0.4, 0.5) is 0 Å². The molecule has 3 heterocycles. The minimum atomic E-state index is -0.881. The zero-order valence-electron chi connectivity index (χ0n) is 35.6. The number of benzene rings is 5. The largest absolute Gasteiger partial charge is 0.368 e. The lowest BCUT2D eigenvalue weighted by Crippen LogP contribution is -2.46. The Balaban J connectivity index is 1.08. The highest BCUT2D eigenvalue weighted by Gasteiger charge is 2.55. The van der Waals surface area contributed by atoms with Gasteiger partial charge in [0.25, 0.3) is 0 Å². The van der Waals surface area contributed by atoms with Gasteiger partial charge in [-0.25, -0.2) is 0 Å². The summed E-state index contributed by atoms with van der Waals surface area (Å²) >= 11 is 0. The van der Waals surface area contributed by atoms with Crippen LogP contribution in [0.1, 0.15) is 41.7 Å². The average molecular weight is 847 g/mol. The van der Waals surface area contributed by atoms with Crippen molar-refractivity contribution in [3.05, 3.63) is 179 Å². The van der Waals surface area contributed by atoms with Gasteiger partial charge in [-0.15, -0.1) is 0 Å². The Kier molecular flexibility index (Phi) is 15.6. The smallest absolute Gasteiger partial charge is 0.187 e. The van der Waals surface area contributed by atoms with Gasteiger partial charge in [0.1, 0.15) is 48.8 Å². The zero-order chi connectivity index (χ0) is 42.6. The highest BCUT2D eigenvalue weighted by Crippen LogP contribution is 2.38. The average Bonchev–Trinajstić information content (AvgIpc) is 3.99. The highest BCUT2D eigenvalue weighted by atomic mass is 16.8. The van der Waals surface area contributed by atoms with E-state index in [1.165, 1.54) is 0 Å². The van der Waals surface area contributed by atoms with E-state index in [-0.39, 0.29) is 6.61 Å². The van der Waals surface area contributed by atoms with Crippen LogP contribution in [-0.4, -0.2) is 87.5 Å². The van der Waals surface area contributed by atoms with Crippen molar-refractivity contribution < 1.29 is 52.1 Å². The molecule has 3 aliphatic rings. The zero-order valence-corrected chi connectivity index (χ0v) is 35.6. The van der Waals surface area contributed by atoms with Crippen molar-refractivity contribution in [2.45, 2.75) is 114 Å². The summed E-state index contributed by atoms with van der Waals surface area (Å²) in [6, 6.07) is 50.2. The predicted octanol–water partition coefficient (Wildman–Crippen LogP) is 8.18. The minimum absolute atomic E-state index is 0.0477. The van der Waals surface area contributed by atoms with Crippen LogP contribution in [0.2, 0.25) is 0 Å². The van der Waals surface area contributed by atoms with Gasteiger partial charge in [0.15, 0.2) is 18.4 Å². The van der Waals surface area contributed by atoms with Crippen molar-refractivity contribution in [2.75, 3.05) is 20.3 Å². The van der Waals surface area contributed by atoms with Gasteiger partial charge in [0, 0.05) is 7.11 Å². The molecule has 3 aliphatic heterocycles. The Morgan fingerprint density at radius 3 is 1.35 bits per heavy atom. The van der Waals surface area contributed by atoms with Gasteiger partial charge in [-0.05, 0) is 41.7 Å². The first-order valence-electron chi connectivity index (χ1n) is 21.5. The molecule has 0 radical (unpaired) electrons. The van der Waals surface area contributed by atoms with Gasteiger partial charge < -0.3 is 52.1 Å². The number of methoxy groups -OCH3 is 1. The standard InChI is InChI=1S/C51H58O11/c1-51(2)59-35-42(62-51)44-46(55-31-38-23-13-6-14-24-38)48(57-33-40-27-17-8-18-28-40)50(61-44)58-34-41(53-29-36-19-9-4-10-20-36)43-45(54-30-37-21-11-5-12-22-37)47(49(52-3)60-43)56-32-39-25-15-7-16-26-39/h4-28,41-50H,29-35H2,1-3H3/t41-,42-,43+,44+,45+,46+,47-,48-,49-,50-/m1/s1. The molecule has 0 bridgehead atoms. The fourth-order valence-electron chi connectivity index (χ4n) is 8.10. The van der Waals surface area contributed by atoms with Gasteiger partial charge in [0.2, 0.25) is 0 Å². The molecule has 5 aromatic carbocycles. The van der Waals surface area contributed by atoms with E-state index in [2.05, 4.69) is 0 Å². The van der Waals surface area contributed by atoms with Crippen molar-refractivity contribution in [3.8, 4) is 0 Å². The molecule has 0 aromatic heterocycles. The number of hydrogen-bond acceptors (Lipinski definition) is 11. The topological polar surface area (TPSA) is 102 Å². The lowest BCUT2D eigenvalue weighted by atomic mass is 10.0. The molecule has 0 saturated carbocycles. The molecule has 5 aromatic rings. The summed E-state index contributed by atoms with van der Waals surface area (Å²) in [4.78, 5) is 0. The summed E-state index contributed by atoms with van der Waals surface area (Å²) in [5.74, 6) is -0.792. The molecule has 8 rings (SSSR count). The Bertz CT molecular complexity index is 2020. The second-order valence-corrected chi connectivity index (χ2v) is 16.3. The second-order valence-electron chi connectivity index (χ2n) is 16.3. The van der Waals surface area contributed by atoms with E-state index >= 15 is 0 Å². The monoisotopic (exact) mass is 846 g/mol. The van der Waals surface area contributed by atoms with Crippen LogP contribution in [0.3, 0.4) is 0 Å². The fourth-order valence-corrected chi connectivity index (χ4v) is 8.10. The van der Waals surface area contributed by atoms with E-state index in [9.17, 15) is 0 Å². The van der Waals surface area contributed by atoms with Crippen molar-refractivity contribution >= 4 is 0 Å². The Morgan fingerprint density at radius 1 is 0.500 bits per heavy atom. The number of hydrogen-bond donors (Lipinski definition) is 0. The SMILES string of the molecule is CO[C@@H]1O[C@@H]([C@@H](CO[C@@H]2O[C@@H]([C@H]3COC(C)(C)O3)[C@H](OCc3ccccc3)[C@H]2OCc2ccccc2)OCc2ccccc2)[C@H](OCc2ccccc2)[C@H]1OCc1ccccc1. The molecule has 3 saturated heterocycles. The molecular formula is C51H58O11. The van der Waals surface area contributed by atoms with Crippen molar-refractivity contribution in [1.82, 2.24) is 0 Å². The number of ether oxygens (including phenoxy) is 11. The van der Waals surface area contributed by atoms with Gasteiger partial charge >= 0.3 is 0 Å². The number of rotatable bonds is 21. The summed E-state index contributed by atoms with van der Waals surface area (Å²) in [6.07, 6.45) is -6.43. The highest BCUT2D eigenvalue weighted by molar-refractivity contribution is 5.17. The van der Waals surface area contributed by atoms with Gasteiger partial charge in [-0.3, -0.25) is 0 Å². The summed E-state index contributed by atoms with van der Waals surface area (Å²) in [5.41, 5.74) is 5.05. The van der Waals surface area contributed by atoms with Crippen LogP contribution in [-0.2, 0) is 85.1 Å². The summed E-state index contributed by atoms with van der Waals surface area (Å²) in [6.45, 7) is 5.77. The van der Waals surface area contributed by atoms with E-state index in [0.717, 1.165) is 27.8 Å². The maximum absolute atomic E-state index is 6.87. The molecule has 0 N–H and O–H groups in total. The predicted molar refractivity (Wildman–Crippen MR) is 230 cm³/mol. The molecule has 328 valence electrons. The molecule has 10 atom stereocenters. The Labute approximate surface area is 365 Å². The minimum Gasteiger partial charge on any atom is -0.368 e. The lowest BCUT2D eigenvalue weighted by Gasteiger charge is -2.31. The van der Waals surface area contributed by atoms with Gasteiger partial charge in [0.05, 0.1) is 46.2 Å². The van der Waals surface area contributed by atoms with E-state index in [4.69, 9.17) is 52.1 Å². The third-order valence-corrected chi connectivity index (χ3v) is 11.3. The van der Waals surface area contributed by atoms with Crippen LogP contribution >= 0.6 is 0 Å². The molecule has 3 fully saturated rings. The van der Waals surface area contributed by atoms with E-state index in [1.54, 1.807) is 7.11 Å². The molecule has 62 heavy (non-hydrogen) atoms. The third-order valence-electron chi connectivity index (χ3n) is 11.3. The van der Waals surface area contributed by atoms with E-state index in [1.807, 2.05) is 166 Å². The van der Waals surface area contributed by atoms with Gasteiger partial charge in [-0.1, -0.05) is 152 Å². The normalized spacial score (nSPS) is 27.4. The third kappa shape index (κ3) is 11.8. The van der Waals surface area contributed by atoms with Crippen LogP contribution in [0, 0.1) is 0 Å². The molecule has 0 aliphatic carbocycles. The van der Waals surface area contributed by atoms with E-state index in [0.29, 0.717) is 39.6 Å². The van der Waals surface area contributed by atoms with Crippen molar-refractivity contribution in [3.63, 3.8) is 0 Å². The molecule has 0 amide bonds. The van der Waals surface area contributed by atoms with E-state index < -0.39 is 67.2 Å². The first-order chi connectivity index (χ1) is 30.4. The lowest BCUT2D eigenvalue weighted by molar-refractivity contribution is -0.226. The van der Waals surface area contributed by atoms with Gasteiger partial charge in [-0.2, -0.15) is 0 Å². The maximum Gasteiger partial charge on any atom is 0.187 e. The Morgan fingerprint density at radius 2 is 0.919 bits per heavy atom. The van der Waals surface area contributed by atoms with Crippen LogP contribution in [0.15, 0.2) is 152 Å². The first kappa shape index (κ1) is 44.3. The maximum atomic E-state index is 6.87. The van der Waals surface area contributed by atoms with Crippen LogP contribution < -0.4 is 0 Å². The molecular weight excluding hydrogens is 789 g/mol. The fraction of sp³-hybridized carbons (Fsp3) is 0.412. The first-order valence-corrected chi connectivity index (χ1v) is 21.5. The molecule has 0 spiro atoms. The van der Waals surface area contributed by atoms with Crippen molar-refractivity contribution in [2.24, 2.45) is 0 Å². The quantitative estimate of drug-likeness (QED) is 0.0715. The summed E-state index contributed by atoms with van der Waals surface area (Å²) in [7, 11) is 1.61. The van der Waals surface area contributed by atoms with Crippen LogP contribution in [0.5, 0.6) is 0 Å². The molecule has 11 heteroatoms. The summed E-state index contributed by atoms with van der Waals surface area (Å²) < 4.78 is 72.6. The molecule has 11 nitrogen and oxygen atoms in total. The van der Waals surface area contributed by atoms with Crippen LogP contribution in [0.25, 0.3) is 0 Å². The van der Waals surface area contributed by atoms with Crippen molar-refractivity contribution in [1.29, 1.82) is 0 Å². The molecule has 0 unspecified atom stereocenters.